The van der Waals surface area contributed by atoms with Crippen LogP contribution in [0.3, 0.4) is 0 Å². The number of aliphatic hydroxyl groups excluding tert-OH is 1. The van der Waals surface area contributed by atoms with Crippen LogP contribution in [0.5, 0.6) is 0 Å². The molecule has 1 aliphatic heterocycles. The van der Waals surface area contributed by atoms with Crippen LogP contribution in [0.1, 0.15) is 0 Å². The lowest BCUT2D eigenvalue weighted by atomic mass is 9.86. The SMILES string of the molecule is O=S1C[C@@H]2[C@H](C1)[C@@H]1C=C[C@H]2C1O. The third-order valence-electron chi connectivity index (χ3n) is 3.64. The summed E-state index contributed by atoms with van der Waals surface area (Å²) >= 11 is 0. The number of aliphatic hydroxyl groups is 1. The van der Waals surface area contributed by atoms with Crippen LogP contribution in [0.15, 0.2) is 12.2 Å². The van der Waals surface area contributed by atoms with Gasteiger partial charge in [0.2, 0.25) is 0 Å². The zero-order valence-corrected chi connectivity index (χ0v) is 7.54. The molecule has 0 radical (unpaired) electrons. The molecule has 1 saturated heterocycles. The number of rotatable bonds is 0. The summed E-state index contributed by atoms with van der Waals surface area (Å²) < 4.78 is 11.3. The fourth-order valence-electron chi connectivity index (χ4n) is 3.07. The predicted molar refractivity (Wildman–Crippen MR) is 47.0 cm³/mol. The smallest absolute Gasteiger partial charge is 0.0671 e. The summed E-state index contributed by atoms with van der Waals surface area (Å²) in [6, 6.07) is 0. The van der Waals surface area contributed by atoms with Gasteiger partial charge >= 0.3 is 0 Å². The first-order chi connectivity index (χ1) is 5.77. The van der Waals surface area contributed by atoms with E-state index in [1.54, 1.807) is 0 Å². The highest BCUT2D eigenvalue weighted by Gasteiger charge is 2.54. The molecule has 0 aromatic rings. The van der Waals surface area contributed by atoms with Crippen molar-refractivity contribution >= 4 is 10.8 Å². The second kappa shape index (κ2) is 2.20. The highest BCUT2D eigenvalue weighted by Crippen LogP contribution is 2.51. The molecule has 1 N–H and O–H groups in total. The molecule has 3 aliphatic rings. The number of fused-ring (bicyclic) bond motifs is 5. The Morgan fingerprint density at radius 1 is 1.17 bits per heavy atom. The van der Waals surface area contributed by atoms with Crippen LogP contribution in [0.2, 0.25) is 0 Å². The molecule has 3 rings (SSSR count). The molecule has 3 heteroatoms. The largest absolute Gasteiger partial charge is 0.392 e. The van der Waals surface area contributed by atoms with Crippen LogP contribution < -0.4 is 0 Å². The van der Waals surface area contributed by atoms with Gasteiger partial charge in [-0.05, 0) is 11.8 Å². The van der Waals surface area contributed by atoms with Gasteiger partial charge in [-0.15, -0.1) is 0 Å². The lowest BCUT2D eigenvalue weighted by Crippen LogP contribution is -2.18. The molecule has 0 aromatic heterocycles. The Morgan fingerprint density at radius 2 is 1.67 bits per heavy atom. The Bertz CT molecular complexity index is 250. The van der Waals surface area contributed by atoms with E-state index in [4.69, 9.17) is 0 Å². The zero-order chi connectivity index (χ0) is 8.29. The topological polar surface area (TPSA) is 37.3 Å². The zero-order valence-electron chi connectivity index (χ0n) is 6.72. The Labute approximate surface area is 74.1 Å². The van der Waals surface area contributed by atoms with E-state index in [1.165, 1.54) is 0 Å². The lowest BCUT2D eigenvalue weighted by molar-refractivity contribution is 0.128. The Hall–Kier alpha value is -0.150. The monoisotopic (exact) mass is 184 g/mol. The molecule has 2 bridgehead atoms. The first-order valence-electron chi connectivity index (χ1n) is 4.49. The van der Waals surface area contributed by atoms with Gasteiger partial charge in [0.1, 0.15) is 0 Å². The van der Waals surface area contributed by atoms with Crippen molar-refractivity contribution in [1.82, 2.24) is 0 Å². The van der Waals surface area contributed by atoms with Crippen molar-refractivity contribution < 1.29 is 9.32 Å². The minimum atomic E-state index is -0.599. The highest BCUT2D eigenvalue weighted by atomic mass is 32.2. The van der Waals surface area contributed by atoms with Crippen LogP contribution in [0, 0.1) is 23.7 Å². The van der Waals surface area contributed by atoms with Crippen molar-refractivity contribution in [2.75, 3.05) is 11.5 Å². The Balaban J connectivity index is 1.98. The van der Waals surface area contributed by atoms with Gasteiger partial charge in [0.15, 0.2) is 0 Å². The standard InChI is InChI=1S/C9H12O2S/c10-9-5-1-2-6(9)8-4-12(11)3-7(5)8/h1-2,5-10H,3-4H2/t5-,6+,7+,8-,9?,12?. The van der Waals surface area contributed by atoms with Crippen molar-refractivity contribution in [3.63, 3.8) is 0 Å². The second-order valence-corrected chi connectivity index (χ2v) is 5.68. The second-order valence-electron chi connectivity index (χ2n) is 4.13. The molecule has 2 aliphatic carbocycles. The summed E-state index contributed by atoms with van der Waals surface area (Å²) in [6.07, 6.45) is 4.09. The quantitative estimate of drug-likeness (QED) is 0.544. The highest BCUT2D eigenvalue weighted by molar-refractivity contribution is 7.85. The maximum absolute atomic E-state index is 11.3. The van der Waals surface area contributed by atoms with E-state index in [2.05, 4.69) is 12.2 Å². The molecule has 0 aromatic carbocycles. The van der Waals surface area contributed by atoms with Crippen LogP contribution in [0.25, 0.3) is 0 Å². The summed E-state index contributed by atoms with van der Waals surface area (Å²) in [5.41, 5.74) is 0. The first kappa shape index (κ1) is 7.27. The van der Waals surface area contributed by atoms with Gasteiger partial charge in [0, 0.05) is 34.1 Å². The number of hydrogen-bond acceptors (Lipinski definition) is 2. The van der Waals surface area contributed by atoms with Gasteiger partial charge in [0.05, 0.1) is 6.10 Å². The minimum Gasteiger partial charge on any atom is -0.392 e. The third-order valence-corrected chi connectivity index (χ3v) is 5.15. The molecule has 2 fully saturated rings. The van der Waals surface area contributed by atoms with Crippen LogP contribution in [-0.4, -0.2) is 26.9 Å². The molecule has 1 saturated carbocycles. The van der Waals surface area contributed by atoms with Gasteiger partial charge in [-0.25, -0.2) is 0 Å². The summed E-state index contributed by atoms with van der Waals surface area (Å²) in [7, 11) is -0.599. The lowest BCUT2D eigenvalue weighted by Gasteiger charge is -2.16. The maximum Gasteiger partial charge on any atom is 0.0671 e. The molecule has 66 valence electrons. The summed E-state index contributed by atoms with van der Waals surface area (Å²) in [6.45, 7) is 0. The minimum absolute atomic E-state index is 0.155. The molecular weight excluding hydrogens is 172 g/mol. The fourth-order valence-corrected chi connectivity index (χ4v) is 5.00. The van der Waals surface area contributed by atoms with Gasteiger partial charge < -0.3 is 5.11 Å². The average Bonchev–Trinajstić information content (AvgIpc) is 2.60. The van der Waals surface area contributed by atoms with Gasteiger partial charge in [-0.2, -0.15) is 0 Å². The Kier molecular flexibility index (Phi) is 1.34. The third kappa shape index (κ3) is 0.715. The van der Waals surface area contributed by atoms with E-state index in [9.17, 15) is 9.32 Å². The summed E-state index contributed by atoms with van der Waals surface area (Å²) in [5.74, 6) is 3.35. The molecule has 12 heavy (non-hydrogen) atoms. The maximum atomic E-state index is 11.3. The normalized spacial score (nSPS) is 61.1. The van der Waals surface area contributed by atoms with E-state index in [0.717, 1.165) is 11.5 Å². The average molecular weight is 184 g/mol. The molecule has 2 unspecified atom stereocenters. The Morgan fingerprint density at radius 3 is 2.17 bits per heavy atom. The van der Waals surface area contributed by atoms with E-state index in [1.807, 2.05) is 0 Å². The molecular formula is C9H12O2S. The van der Waals surface area contributed by atoms with Gasteiger partial charge in [-0.3, -0.25) is 4.21 Å². The fraction of sp³-hybridized carbons (Fsp3) is 0.778. The first-order valence-corrected chi connectivity index (χ1v) is 5.97. The van der Waals surface area contributed by atoms with E-state index < -0.39 is 10.8 Å². The van der Waals surface area contributed by atoms with Crippen LogP contribution in [0.4, 0.5) is 0 Å². The van der Waals surface area contributed by atoms with Crippen LogP contribution in [-0.2, 0) is 10.8 Å². The predicted octanol–water partition coefficient (Wildman–Crippen LogP) is 0.158. The van der Waals surface area contributed by atoms with Gasteiger partial charge in [0.25, 0.3) is 0 Å². The molecule has 1 heterocycles. The van der Waals surface area contributed by atoms with Gasteiger partial charge in [-0.1, -0.05) is 12.2 Å². The van der Waals surface area contributed by atoms with Crippen molar-refractivity contribution in [1.29, 1.82) is 0 Å². The van der Waals surface area contributed by atoms with Crippen molar-refractivity contribution in [3.05, 3.63) is 12.2 Å². The molecule has 0 spiro atoms. The molecule has 0 amide bonds. The number of hydrogen-bond donors (Lipinski definition) is 1. The molecule has 2 nitrogen and oxygen atoms in total. The van der Waals surface area contributed by atoms with Crippen LogP contribution >= 0.6 is 0 Å². The summed E-state index contributed by atoms with van der Waals surface area (Å²) in [4.78, 5) is 0. The summed E-state index contributed by atoms with van der Waals surface area (Å²) in [5, 5.41) is 9.76. The van der Waals surface area contributed by atoms with Crippen molar-refractivity contribution in [2.24, 2.45) is 23.7 Å². The van der Waals surface area contributed by atoms with E-state index in [-0.39, 0.29) is 6.10 Å². The van der Waals surface area contributed by atoms with E-state index in [0.29, 0.717) is 23.7 Å². The molecule has 6 atom stereocenters. The van der Waals surface area contributed by atoms with Crippen molar-refractivity contribution in [3.8, 4) is 0 Å². The van der Waals surface area contributed by atoms with Crippen molar-refractivity contribution in [2.45, 2.75) is 6.10 Å². The van der Waals surface area contributed by atoms with E-state index >= 15 is 0 Å².